The van der Waals surface area contributed by atoms with Crippen LogP contribution in [0, 0.1) is 13.8 Å². The van der Waals surface area contributed by atoms with E-state index in [-0.39, 0.29) is 36.2 Å². The smallest absolute Gasteiger partial charge is 0.870 e. The fraction of sp³-hybridized carbons (Fsp3) is 0.143. The molecular weight excluding hydrogens is 531 g/mol. The number of hydrogen-bond acceptors (Lipinski definition) is 10. The maximum Gasteiger partial charge on any atom is 1.00 e. The molecular formula is C28H31LiN10O3. The summed E-state index contributed by atoms with van der Waals surface area (Å²) in [6.45, 7) is 6.69. The van der Waals surface area contributed by atoms with Crippen LogP contribution in [0.4, 0.5) is 11.4 Å². The molecule has 0 atom stereocenters. The van der Waals surface area contributed by atoms with Gasteiger partial charge in [0, 0.05) is 38.6 Å². The van der Waals surface area contributed by atoms with E-state index in [0.29, 0.717) is 0 Å². The third kappa shape index (κ3) is 10.5. The molecule has 0 aliphatic rings. The molecule has 0 bridgehead atoms. The second-order valence-corrected chi connectivity index (χ2v) is 8.28. The summed E-state index contributed by atoms with van der Waals surface area (Å²) < 4.78 is 1.34. The molecule has 1 amide bonds. The number of nitrogen functional groups attached to an aromatic ring is 1. The summed E-state index contributed by atoms with van der Waals surface area (Å²) >= 11 is 0. The minimum Gasteiger partial charge on any atom is -0.870 e. The number of nitrogens with zero attached hydrogens (tertiary/aromatic N) is 7. The van der Waals surface area contributed by atoms with E-state index in [0.717, 1.165) is 44.8 Å². The normalized spacial score (nSPS) is 9.33. The maximum absolute atomic E-state index is 11.0. The first-order valence-corrected chi connectivity index (χ1v) is 12.2. The summed E-state index contributed by atoms with van der Waals surface area (Å²) in [6.07, 6.45) is 10.1. The van der Waals surface area contributed by atoms with E-state index in [2.05, 4.69) is 40.5 Å². The Labute approximate surface area is 254 Å². The van der Waals surface area contributed by atoms with E-state index in [1.165, 1.54) is 18.5 Å². The molecule has 0 saturated heterocycles. The Bertz CT molecular complexity index is 1650. The van der Waals surface area contributed by atoms with Crippen LogP contribution in [0.15, 0.2) is 85.7 Å². The molecule has 0 aliphatic heterocycles. The molecule has 6 rings (SSSR count). The van der Waals surface area contributed by atoms with Gasteiger partial charge in [0.1, 0.15) is 11.0 Å². The van der Waals surface area contributed by atoms with Gasteiger partial charge in [0.25, 0.3) is 0 Å². The van der Waals surface area contributed by atoms with Crippen LogP contribution in [-0.4, -0.2) is 57.2 Å². The number of amides is 1. The van der Waals surface area contributed by atoms with Crippen molar-refractivity contribution in [1.82, 2.24) is 39.9 Å². The van der Waals surface area contributed by atoms with E-state index in [1.54, 1.807) is 49.3 Å². The quantitative estimate of drug-likeness (QED) is 0.245. The second-order valence-electron chi connectivity index (χ2n) is 8.28. The van der Waals surface area contributed by atoms with E-state index in [4.69, 9.17) is 5.73 Å². The third-order valence-corrected chi connectivity index (χ3v) is 5.21. The standard InChI is InChI=1S/C8H7N3O.C8H10N2O.C6H5N3.C6H8N2.Li.H2O/c1-6(12)11-8-3-2-4-9-7(8)5-10-11;1-6-8(10-7(2)11)4-3-5-9-6;1-2-5-6(7-3-1)4-8-9-5;1-5-6(7)3-2-4-8-5;;/h2-5H,1H3;3-5H,1-2H3,(H,10,11);1-4H,(H,8,9);2-4H,7H2,1H3;;1H2/q;;;;+1;/p-1. The molecule has 6 heterocycles. The number of fused-ring (bicyclic) bond motifs is 2. The molecule has 0 unspecified atom stereocenters. The van der Waals surface area contributed by atoms with Crippen molar-refractivity contribution in [2.24, 2.45) is 0 Å². The Hall–Kier alpha value is -4.96. The first-order valence-electron chi connectivity index (χ1n) is 12.2. The van der Waals surface area contributed by atoms with Gasteiger partial charge in [-0.3, -0.25) is 34.6 Å². The monoisotopic (exact) mass is 562 g/mol. The van der Waals surface area contributed by atoms with Crippen LogP contribution in [0.25, 0.3) is 22.1 Å². The van der Waals surface area contributed by atoms with Gasteiger partial charge in [0.2, 0.25) is 11.8 Å². The summed E-state index contributed by atoms with van der Waals surface area (Å²) in [7, 11) is 0. The number of carbonyl (C=O) groups is 2. The van der Waals surface area contributed by atoms with Crippen LogP contribution in [0.5, 0.6) is 0 Å². The van der Waals surface area contributed by atoms with Crippen molar-refractivity contribution in [2.75, 3.05) is 11.1 Å². The molecule has 0 spiro atoms. The SMILES string of the molecule is CC(=O)Nc1cccnc1C.CC(=O)n1ncc2ncccc21.Cc1ncccc1N.[Li+].[OH-].c1cnc2cn[nH]c2c1. The van der Waals surface area contributed by atoms with E-state index in [9.17, 15) is 9.59 Å². The molecule has 212 valence electrons. The summed E-state index contributed by atoms with van der Waals surface area (Å²) in [5.74, 6) is -0.167. The Kier molecular flexibility index (Phi) is 14.8. The van der Waals surface area contributed by atoms with Crippen molar-refractivity contribution in [1.29, 1.82) is 0 Å². The predicted octanol–water partition coefficient (Wildman–Crippen LogP) is 1.20. The average Bonchev–Trinajstić information content (AvgIpc) is 3.60. The number of aromatic amines is 1. The molecule has 0 aliphatic carbocycles. The Morgan fingerprint density at radius 2 is 1.40 bits per heavy atom. The van der Waals surface area contributed by atoms with Crippen LogP contribution in [-0.2, 0) is 4.79 Å². The van der Waals surface area contributed by atoms with Crippen LogP contribution < -0.4 is 29.9 Å². The second kappa shape index (κ2) is 17.7. The Morgan fingerprint density at radius 1 is 0.810 bits per heavy atom. The van der Waals surface area contributed by atoms with Crippen LogP contribution >= 0.6 is 0 Å². The number of nitrogens with two attached hydrogens (primary N) is 1. The Balaban J connectivity index is 0.000000279. The van der Waals surface area contributed by atoms with Crippen molar-refractivity contribution in [3.63, 3.8) is 0 Å². The first kappa shape index (κ1) is 35.1. The van der Waals surface area contributed by atoms with Crippen molar-refractivity contribution < 1.29 is 33.9 Å². The van der Waals surface area contributed by atoms with Crippen LogP contribution in [0.3, 0.4) is 0 Å². The summed E-state index contributed by atoms with van der Waals surface area (Å²) in [6, 6.07) is 14.7. The molecule has 0 fully saturated rings. The number of rotatable bonds is 1. The number of H-pyrrole nitrogens is 1. The summed E-state index contributed by atoms with van der Waals surface area (Å²) in [5.41, 5.74) is 12.1. The summed E-state index contributed by atoms with van der Waals surface area (Å²) in [5, 5.41) is 13.2. The van der Waals surface area contributed by atoms with Crippen molar-refractivity contribution in [2.45, 2.75) is 27.7 Å². The Morgan fingerprint density at radius 3 is 1.98 bits per heavy atom. The minimum atomic E-state index is -0.0991. The number of hydrogen-bond donors (Lipinski definition) is 3. The fourth-order valence-electron chi connectivity index (χ4n) is 3.19. The zero-order chi connectivity index (χ0) is 28.9. The zero-order valence-electron chi connectivity index (χ0n) is 24.1. The molecule has 5 N–H and O–H groups in total. The molecule has 14 heteroatoms. The number of aryl methyl sites for hydroxylation is 2. The van der Waals surface area contributed by atoms with Crippen molar-refractivity contribution in [3.05, 3.63) is 97.1 Å². The molecule has 6 aromatic rings. The van der Waals surface area contributed by atoms with E-state index in [1.807, 2.05) is 50.2 Å². The zero-order valence-corrected chi connectivity index (χ0v) is 24.1. The molecule has 0 radical (unpaired) electrons. The predicted molar refractivity (Wildman–Crippen MR) is 156 cm³/mol. The third-order valence-electron chi connectivity index (χ3n) is 5.21. The van der Waals surface area contributed by atoms with Gasteiger partial charge < -0.3 is 16.5 Å². The number of pyridine rings is 4. The van der Waals surface area contributed by atoms with Gasteiger partial charge in [0.15, 0.2) is 0 Å². The molecule has 13 nitrogen and oxygen atoms in total. The molecule has 6 aromatic heterocycles. The minimum absolute atomic E-state index is 0. The van der Waals surface area contributed by atoms with Gasteiger partial charge in [-0.1, -0.05) is 0 Å². The van der Waals surface area contributed by atoms with Gasteiger partial charge >= 0.3 is 18.9 Å². The largest absolute Gasteiger partial charge is 1.00 e. The number of carbonyl (C=O) groups excluding carboxylic acids is 2. The van der Waals surface area contributed by atoms with Crippen LogP contribution in [0.1, 0.15) is 30.0 Å². The van der Waals surface area contributed by atoms with E-state index >= 15 is 0 Å². The molecule has 0 aromatic carbocycles. The molecule has 0 saturated carbocycles. The molecule has 42 heavy (non-hydrogen) atoms. The number of aromatic nitrogens is 8. The van der Waals surface area contributed by atoms with Crippen LogP contribution in [0.2, 0.25) is 0 Å². The average molecular weight is 563 g/mol. The first-order chi connectivity index (χ1) is 19.3. The number of nitrogens with one attached hydrogen (secondary N) is 2. The van der Waals surface area contributed by atoms with E-state index < -0.39 is 0 Å². The van der Waals surface area contributed by atoms with Crippen molar-refractivity contribution >= 4 is 45.3 Å². The summed E-state index contributed by atoms with van der Waals surface area (Å²) in [4.78, 5) is 37.7. The van der Waals surface area contributed by atoms with Crippen molar-refractivity contribution in [3.8, 4) is 0 Å². The van der Waals surface area contributed by atoms with Gasteiger partial charge in [0.05, 0.1) is 46.2 Å². The van der Waals surface area contributed by atoms with Gasteiger partial charge in [-0.25, -0.2) is 0 Å². The van der Waals surface area contributed by atoms with Gasteiger partial charge in [-0.2, -0.15) is 14.9 Å². The van der Waals surface area contributed by atoms with Gasteiger partial charge in [-0.05, 0) is 62.4 Å². The fourth-order valence-corrected chi connectivity index (χ4v) is 3.19. The topological polar surface area (TPSA) is 200 Å². The van der Waals surface area contributed by atoms with Gasteiger partial charge in [-0.15, -0.1) is 0 Å². The number of anilines is 2. The maximum atomic E-state index is 11.0.